The minimum atomic E-state index is 0.0393. The molecule has 0 saturated heterocycles. The zero-order valence-corrected chi connectivity index (χ0v) is 12.2. The summed E-state index contributed by atoms with van der Waals surface area (Å²) >= 11 is 1.95. The molecule has 1 heterocycles. The van der Waals surface area contributed by atoms with Crippen LogP contribution >= 0.6 is 11.3 Å². The molecule has 2 N–H and O–H groups in total. The first-order valence-electron chi connectivity index (χ1n) is 6.79. The van der Waals surface area contributed by atoms with Gasteiger partial charge >= 0.3 is 0 Å². The topological polar surface area (TPSA) is 26.0 Å². The molecule has 1 aromatic rings. The zero-order valence-electron chi connectivity index (χ0n) is 11.4. The van der Waals surface area contributed by atoms with Crippen molar-refractivity contribution in [3.63, 3.8) is 0 Å². The maximum atomic E-state index is 6.62. The number of thiophene rings is 1. The standard InChI is InChI=1S/C15H25NS/c1-4-12-6-7-13(17-12)10-15(16)9-5-8-14(2,3)11-15/h6-7H,4-5,8-11,16H2,1-3H3. The SMILES string of the molecule is CCc1ccc(CC2(N)CCCC(C)(C)C2)s1. The minimum absolute atomic E-state index is 0.0393. The van der Waals surface area contributed by atoms with Crippen molar-refractivity contribution in [3.8, 4) is 0 Å². The van der Waals surface area contributed by atoms with Crippen LogP contribution in [0.1, 0.15) is 56.2 Å². The van der Waals surface area contributed by atoms with Gasteiger partial charge in [-0.15, -0.1) is 11.3 Å². The largest absolute Gasteiger partial charge is 0.325 e. The van der Waals surface area contributed by atoms with E-state index in [1.165, 1.54) is 35.4 Å². The highest BCUT2D eigenvalue weighted by Gasteiger charge is 2.37. The Bertz CT molecular complexity index is 380. The fourth-order valence-corrected chi connectivity index (χ4v) is 4.37. The maximum absolute atomic E-state index is 6.62. The molecule has 1 saturated carbocycles. The molecule has 1 aromatic heterocycles. The summed E-state index contributed by atoms with van der Waals surface area (Å²) in [5, 5.41) is 0. The lowest BCUT2D eigenvalue weighted by Crippen LogP contribution is -2.48. The third-order valence-electron chi connectivity index (χ3n) is 3.95. The van der Waals surface area contributed by atoms with E-state index in [2.05, 4.69) is 32.9 Å². The van der Waals surface area contributed by atoms with Gasteiger partial charge in [0, 0.05) is 15.3 Å². The molecular formula is C15H25NS. The van der Waals surface area contributed by atoms with Crippen LogP contribution in [0.15, 0.2) is 12.1 Å². The Morgan fingerprint density at radius 1 is 1.24 bits per heavy atom. The smallest absolute Gasteiger partial charge is 0.0208 e. The first-order chi connectivity index (χ1) is 7.92. The molecular weight excluding hydrogens is 226 g/mol. The summed E-state index contributed by atoms with van der Waals surface area (Å²) in [5.74, 6) is 0. The second-order valence-corrected chi connectivity index (χ2v) is 7.71. The van der Waals surface area contributed by atoms with Crippen LogP contribution in [0.5, 0.6) is 0 Å². The summed E-state index contributed by atoms with van der Waals surface area (Å²) in [6, 6.07) is 4.54. The number of hydrogen-bond acceptors (Lipinski definition) is 2. The normalized spacial score (nSPS) is 28.2. The van der Waals surface area contributed by atoms with Gasteiger partial charge in [-0.1, -0.05) is 27.2 Å². The molecule has 17 heavy (non-hydrogen) atoms. The second-order valence-electron chi connectivity index (χ2n) is 6.46. The molecule has 1 aliphatic carbocycles. The van der Waals surface area contributed by atoms with Crippen molar-refractivity contribution in [1.29, 1.82) is 0 Å². The van der Waals surface area contributed by atoms with Gasteiger partial charge in [-0.3, -0.25) is 0 Å². The number of hydrogen-bond donors (Lipinski definition) is 1. The molecule has 1 fully saturated rings. The van der Waals surface area contributed by atoms with Crippen molar-refractivity contribution < 1.29 is 0 Å². The number of nitrogens with two attached hydrogens (primary N) is 1. The fraction of sp³-hybridized carbons (Fsp3) is 0.733. The van der Waals surface area contributed by atoms with Crippen LogP contribution in [-0.4, -0.2) is 5.54 Å². The molecule has 96 valence electrons. The Labute approximate surface area is 109 Å². The van der Waals surface area contributed by atoms with Crippen LogP contribution in [0.25, 0.3) is 0 Å². The van der Waals surface area contributed by atoms with Gasteiger partial charge in [0.2, 0.25) is 0 Å². The molecule has 0 spiro atoms. The van der Waals surface area contributed by atoms with Crippen molar-refractivity contribution >= 4 is 11.3 Å². The van der Waals surface area contributed by atoms with Crippen LogP contribution in [0, 0.1) is 5.41 Å². The van der Waals surface area contributed by atoms with Crippen molar-refractivity contribution in [2.45, 2.75) is 64.8 Å². The number of aryl methyl sites for hydroxylation is 1. The Morgan fingerprint density at radius 2 is 1.94 bits per heavy atom. The van der Waals surface area contributed by atoms with Crippen LogP contribution < -0.4 is 5.73 Å². The molecule has 1 nitrogen and oxygen atoms in total. The van der Waals surface area contributed by atoms with Gasteiger partial charge < -0.3 is 5.73 Å². The lowest BCUT2D eigenvalue weighted by molar-refractivity contribution is 0.151. The van der Waals surface area contributed by atoms with Gasteiger partial charge in [0.15, 0.2) is 0 Å². The third kappa shape index (κ3) is 3.32. The lowest BCUT2D eigenvalue weighted by Gasteiger charge is -2.42. The summed E-state index contributed by atoms with van der Waals surface area (Å²) in [7, 11) is 0. The van der Waals surface area contributed by atoms with Gasteiger partial charge in [-0.25, -0.2) is 0 Å². The number of rotatable bonds is 3. The molecule has 0 bridgehead atoms. The van der Waals surface area contributed by atoms with Gasteiger partial charge in [-0.2, -0.15) is 0 Å². The van der Waals surface area contributed by atoms with Gasteiger partial charge in [0.05, 0.1) is 0 Å². The fourth-order valence-electron chi connectivity index (χ4n) is 3.25. The molecule has 0 aromatic carbocycles. The Hall–Kier alpha value is -0.340. The quantitative estimate of drug-likeness (QED) is 0.858. The maximum Gasteiger partial charge on any atom is 0.0208 e. The molecule has 0 aliphatic heterocycles. The Balaban J connectivity index is 2.06. The predicted molar refractivity (Wildman–Crippen MR) is 76.6 cm³/mol. The van der Waals surface area contributed by atoms with Gasteiger partial charge in [-0.05, 0) is 49.7 Å². The van der Waals surface area contributed by atoms with Crippen molar-refractivity contribution in [2.75, 3.05) is 0 Å². The van der Waals surface area contributed by atoms with E-state index in [4.69, 9.17) is 5.73 Å². The summed E-state index contributed by atoms with van der Waals surface area (Å²) in [6.07, 6.45) is 7.19. The first kappa shape index (κ1) is 13.1. The van der Waals surface area contributed by atoms with E-state index >= 15 is 0 Å². The summed E-state index contributed by atoms with van der Waals surface area (Å²) in [4.78, 5) is 2.96. The third-order valence-corrected chi connectivity index (χ3v) is 5.18. The summed E-state index contributed by atoms with van der Waals surface area (Å²) in [6.45, 7) is 6.94. The Kier molecular flexibility index (Phi) is 3.65. The predicted octanol–water partition coefficient (Wildman–Crippen LogP) is 4.15. The Morgan fingerprint density at radius 3 is 2.53 bits per heavy atom. The van der Waals surface area contributed by atoms with Crippen molar-refractivity contribution in [1.82, 2.24) is 0 Å². The average molecular weight is 251 g/mol. The van der Waals surface area contributed by atoms with Gasteiger partial charge in [0.1, 0.15) is 0 Å². The van der Waals surface area contributed by atoms with Crippen LogP contribution in [0.2, 0.25) is 0 Å². The molecule has 1 atom stereocenters. The van der Waals surface area contributed by atoms with E-state index in [1.807, 2.05) is 11.3 Å². The van der Waals surface area contributed by atoms with E-state index in [1.54, 1.807) is 0 Å². The molecule has 1 aliphatic rings. The van der Waals surface area contributed by atoms with E-state index < -0.39 is 0 Å². The van der Waals surface area contributed by atoms with Crippen molar-refractivity contribution in [2.24, 2.45) is 11.1 Å². The minimum Gasteiger partial charge on any atom is -0.325 e. The lowest BCUT2D eigenvalue weighted by atomic mass is 9.67. The van der Waals surface area contributed by atoms with E-state index in [-0.39, 0.29) is 5.54 Å². The van der Waals surface area contributed by atoms with Crippen LogP contribution in [-0.2, 0) is 12.8 Å². The zero-order chi connectivity index (χ0) is 12.5. The molecule has 0 amide bonds. The van der Waals surface area contributed by atoms with E-state index in [9.17, 15) is 0 Å². The summed E-state index contributed by atoms with van der Waals surface area (Å²) in [5.41, 5.74) is 7.09. The van der Waals surface area contributed by atoms with Crippen LogP contribution in [0.4, 0.5) is 0 Å². The summed E-state index contributed by atoms with van der Waals surface area (Å²) < 4.78 is 0. The second kappa shape index (κ2) is 4.74. The van der Waals surface area contributed by atoms with E-state index in [0.29, 0.717) is 5.41 Å². The van der Waals surface area contributed by atoms with E-state index in [0.717, 1.165) is 12.8 Å². The highest BCUT2D eigenvalue weighted by Crippen LogP contribution is 2.41. The molecule has 2 rings (SSSR count). The highest BCUT2D eigenvalue weighted by molar-refractivity contribution is 7.12. The molecule has 0 radical (unpaired) electrons. The van der Waals surface area contributed by atoms with Crippen LogP contribution in [0.3, 0.4) is 0 Å². The highest BCUT2D eigenvalue weighted by atomic mass is 32.1. The molecule has 1 unspecified atom stereocenters. The van der Waals surface area contributed by atoms with Crippen molar-refractivity contribution in [3.05, 3.63) is 21.9 Å². The average Bonchev–Trinajstić information content (AvgIpc) is 2.62. The first-order valence-corrected chi connectivity index (χ1v) is 7.61. The molecule has 2 heteroatoms. The monoisotopic (exact) mass is 251 g/mol. The van der Waals surface area contributed by atoms with Gasteiger partial charge in [0.25, 0.3) is 0 Å².